The molecule has 2 aromatic rings. The van der Waals surface area contributed by atoms with Gasteiger partial charge in [-0.05, 0) is 48.9 Å². The van der Waals surface area contributed by atoms with Crippen LogP contribution in [0.1, 0.15) is 30.0 Å². The highest BCUT2D eigenvalue weighted by molar-refractivity contribution is 5.49. The molecule has 1 heterocycles. The standard InChI is InChI=1S/C16H19N3O/c1-3-14-15(17-2)18-10-19-16(14)20-13-8-7-11-5-4-6-12(11)9-13/h7-10H,3-6H2,1-2H3,(H,17,18,19). The molecule has 0 bridgehead atoms. The summed E-state index contributed by atoms with van der Waals surface area (Å²) in [6.45, 7) is 2.08. The van der Waals surface area contributed by atoms with E-state index in [-0.39, 0.29) is 0 Å². The fourth-order valence-electron chi connectivity index (χ4n) is 2.74. The molecule has 1 aromatic heterocycles. The van der Waals surface area contributed by atoms with E-state index in [9.17, 15) is 0 Å². The second kappa shape index (κ2) is 5.49. The molecule has 0 saturated carbocycles. The van der Waals surface area contributed by atoms with Crippen LogP contribution in [0.4, 0.5) is 5.82 Å². The van der Waals surface area contributed by atoms with E-state index in [0.29, 0.717) is 5.88 Å². The Balaban J connectivity index is 1.91. The Kier molecular flexibility index (Phi) is 3.54. The average Bonchev–Trinajstić information content (AvgIpc) is 2.94. The van der Waals surface area contributed by atoms with Crippen LogP contribution in [0, 0.1) is 0 Å². The Morgan fingerprint density at radius 2 is 2.05 bits per heavy atom. The van der Waals surface area contributed by atoms with Gasteiger partial charge in [-0.2, -0.15) is 0 Å². The number of nitrogens with one attached hydrogen (secondary N) is 1. The lowest BCUT2D eigenvalue weighted by molar-refractivity contribution is 0.455. The van der Waals surface area contributed by atoms with E-state index in [1.807, 2.05) is 13.1 Å². The molecule has 0 unspecified atom stereocenters. The molecule has 0 fully saturated rings. The predicted molar refractivity (Wildman–Crippen MR) is 79.5 cm³/mol. The minimum atomic E-state index is 0.643. The number of fused-ring (bicyclic) bond motifs is 1. The van der Waals surface area contributed by atoms with E-state index < -0.39 is 0 Å². The molecule has 104 valence electrons. The lowest BCUT2D eigenvalue weighted by Crippen LogP contribution is -2.02. The van der Waals surface area contributed by atoms with Gasteiger partial charge in [-0.1, -0.05) is 13.0 Å². The maximum absolute atomic E-state index is 5.98. The van der Waals surface area contributed by atoms with Gasteiger partial charge in [-0.3, -0.25) is 0 Å². The number of hydrogen-bond donors (Lipinski definition) is 1. The number of hydrogen-bond acceptors (Lipinski definition) is 4. The van der Waals surface area contributed by atoms with Gasteiger partial charge in [0.2, 0.25) is 5.88 Å². The van der Waals surface area contributed by atoms with Gasteiger partial charge in [0.05, 0.1) is 5.56 Å². The molecular weight excluding hydrogens is 250 g/mol. The molecule has 1 N–H and O–H groups in total. The molecule has 1 aromatic carbocycles. The summed E-state index contributed by atoms with van der Waals surface area (Å²) in [6, 6.07) is 6.34. The molecule has 0 atom stereocenters. The predicted octanol–water partition coefficient (Wildman–Crippen LogP) is 3.36. The summed E-state index contributed by atoms with van der Waals surface area (Å²) < 4.78 is 5.98. The lowest BCUT2D eigenvalue weighted by Gasteiger charge is -2.12. The molecule has 0 amide bonds. The second-order valence-electron chi connectivity index (χ2n) is 5.00. The number of rotatable bonds is 4. The van der Waals surface area contributed by atoms with Gasteiger partial charge in [0, 0.05) is 7.05 Å². The first-order valence-corrected chi connectivity index (χ1v) is 7.13. The number of benzene rings is 1. The van der Waals surface area contributed by atoms with E-state index in [1.165, 1.54) is 30.3 Å². The van der Waals surface area contributed by atoms with Crippen LogP contribution in [0.2, 0.25) is 0 Å². The van der Waals surface area contributed by atoms with Gasteiger partial charge >= 0.3 is 0 Å². The van der Waals surface area contributed by atoms with Crippen LogP contribution in [0.15, 0.2) is 24.5 Å². The molecule has 1 aliphatic rings. The molecule has 3 rings (SSSR count). The van der Waals surface area contributed by atoms with E-state index in [1.54, 1.807) is 0 Å². The average molecular weight is 269 g/mol. The molecule has 1 aliphatic carbocycles. The lowest BCUT2D eigenvalue weighted by atomic mass is 10.1. The smallest absolute Gasteiger partial charge is 0.227 e. The Labute approximate surface area is 119 Å². The normalized spacial score (nSPS) is 13.1. The van der Waals surface area contributed by atoms with Crippen molar-refractivity contribution in [1.29, 1.82) is 0 Å². The van der Waals surface area contributed by atoms with E-state index >= 15 is 0 Å². The van der Waals surface area contributed by atoms with Crippen molar-refractivity contribution in [1.82, 2.24) is 9.97 Å². The molecule has 0 radical (unpaired) electrons. The van der Waals surface area contributed by atoms with Gasteiger partial charge in [0.15, 0.2) is 0 Å². The summed E-state index contributed by atoms with van der Waals surface area (Å²) >= 11 is 0. The summed E-state index contributed by atoms with van der Waals surface area (Å²) in [7, 11) is 1.86. The van der Waals surface area contributed by atoms with E-state index in [4.69, 9.17) is 4.74 Å². The highest BCUT2D eigenvalue weighted by Crippen LogP contribution is 2.31. The fraction of sp³-hybridized carbons (Fsp3) is 0.375. The number of aromatic nitrogens is 2. The molecule has 4 heteroatoms. The second-order valence-corrected chi connectivity index (χ2v) is 5.00. The molecule has 0 aliphatic heterocycles. The fourth-order valence-corrected chi connectivity index (χ4v) is 2.74. The molecule has 0 spiro atoms. The van der Waals surface area contributed by atoms with Gasteiger partial charge in [0.25, 0.3) is 0 Å². The van der Waals surface area contributed by atoms with Crippen LogP contribution in [0.5, 0.6) is 11.6 Å². The zero-order valence-corrected chi connectivity index (χ0v) is 11.9. The summed E-state index contributed by atoms with van der Waals surface area (Å²) in [5.74, 6) is 2.34. The zero-order valence-electron chi connectivity index (χ0n) is 11.9. The topological polar surface area (TPSA) is 47.0 Å². The summed E-state index contributed by atoms with van der Waals surface area (Å²) in [6.07, 6.45) is 5.95. The number of nitrogens with zero attached hydrogens (tertiary/aromatic N) is 2. The van der Waals surface area contributed by atoms with Crippen molar-refractivity contribution in [2.24, 2.45) is 0 Å². The third kappa shape index (κ3) is 2.33. The zero-order chi connectivity index (χ0) is 13.9. The SMILES string of the molecule is CCc1c(NC)ncnc1Oc1ccc2c(c1)CCC2. The van der Waals surface area contributed by atoms with Crippen molar-refractivity contribution in [2.75, 3.05) is 12.4 Å². The van der Waals surface area contributed by atoms with E-state index in [2.05, 4.69) is 34.3 Å². The molecule has 0 saturated heterocycles. The largest absolute Gasteiger partial charge is 0.439 e. The van der Waals surface area contributed by atoms with Crippen LogP contribution < -0.4 is 10.1 Å². The minimum absolute atomic E-state index is 0.643. The number of anilines is 1. The summed E-state index contributed by atoms with van der Waals surface area (Å²) in [5.41, 5.74) is 3.87. The minimum Gasteiger partial charge on any atom is -0.439 e. The Hall–Kier alpha value is -2.10. The van der Waals surface area contributed by atoms with Crippen molar-refractivity contribution >= 4 is 5.82 Å². The van der Waals surface area contributed by atoms with Crippen molar-refractivity contribution in [3.05, 3.63) is 41.2 Å². The highest BCUT2D eigenvalue weighted by Gasteiger charge is 2.14. The maximum Gasteiger partial charge on any atom is 0.227 e. The van der Waals surface area contributed by atoms with Gasteiger partial charge in [-0.25, -0.2) is 9.97 Å². The monoisotopic (exact) mass is 269 g/mol. The first-order chi connectivity index (χ1) is 9.81. The van der Waals surface area contributed by atoms with Gasteiger partial charge in [0.1, 0.15) is 17.9 Å². The Morgan fingerprint density at radius 3 is 2.85 bits per heavy atom. The van der Waals surface area contributed by atoms with Crippen molar-refractivity contribution < 1.29 is 4.74 Å². The van der Waals surface area contributed by atoms with Crippen molar-refractivity contribution in [3.63, 3.8) is 0 Å². The molecule has 4 nitrogen and oxygen atoms in total. The first kappa shape index (κ1) is 12.9. The van der Waals surface area contributed by atoms with Crippen LogP contribution in [0.25, 0.3) is 0 Å². The molecule has 20 heavy (non-hydrogen) atoms. The van der Waals surface area contributed by atoms with Crippen molar-refractivity contribution in [2.45, 2.75) is 32.6 Å². The quantitative estimate of drug-likeness (QED) is 0.924. The maximum atomic E-state index is 5.98. The van der Waals surface area contributed by atoms with E-state index in [0.717, 1.165) is 30.0 Å². The number of aryl methyl sites for hydroxylation is 2. The van der Waals surface area contributed by atoms with Crippen LogP contribution >= 0.6 is 0 Å². The Bertz CT molecular complexity index is 625. The summed E-state index contributed by atoms with van der Waals surface area (Å²) in [5, 5.41) is 3.08. The number of ether oxygens (including phenoxy) is 1. The highest BCUT2D eigenvalue weighted by atomic mass is 16.5. The van der Waals surface area contributed by atoms with Gasteiger partial charge < -0.3 is 10.1 Å². The first-order valence-electron chi connectivity index (χ1n) is 7.13. The van der Waals surface area contributed by atoms with Crippen molar-refractivity contribution in [3.8, 4) is 11.6 Å². The van der Waals surface area contributed by atoms with Crippen LogP contribution in [0.3, 0.4) is 0 Å². The third-order valence-electron chi connectivity index (χ3n) is 3.78. The third-order valence-corrected chi connectivity index (χ3v) is 3.78. The van der Waals surface area contributed by atoms with Crippen LogP contribution in [-0.2, 0) is 19.3 Å². The summed E-state index contributed by atoms with van der Waals surface area (Å²) in [4.78, 5) is 8.50. The Morgan fingerprint density at radius 1 is 1.20 bits per heavy atom. The van der Waals surface area contributed by atoms with Gasteiger partial charge in [-0.15, -0.1) is 0 Å². The van der Waals surface area contributed by atoms with Crippen LogP contribution in [-0.4, -0.2) is 17.0 Å². The molecular formula is C16H19N3O.